The lowest BCUT2D eigenvalue weighted by Gasteiger charge is -2.16. The number of benzene rings is 1. The largest absolute Gasteiger partial charge is 0.348 e. The number of likely N-dealkylation sites (tertiary alicyclic amines) is 1. The Bertz CT molecular complexity index is 647. The molecule has 2 heterocycles. The van der Waals surface area contributed by atoms with Gasteiger partial charge < -0.3 is 5.32 Å². The van der Waals surface area contributed by atoms with Crippen LogP contribution in [0.15, 0.2) is 53.3 Å². The van der Waals surface area contributed by atoms with Gasteiger partial charge in [-0.15, -0.1) is 0 Å². The summed E-state index contributed by atoms with van der Waals surface area (Å²) < 4.78 is 0.817. The number of carbonyl (C=O) groups is 1. The van der Waals surface area contributed by atoms with Gasteiger partial charge in [0.1, 0.15) is 0 Å². The van der Waals surface area contributed by atoms with Gasteiger partial charge >= 0.3 is 0 Å². The molecule has 2 aromatic rings. The molecule has 0 spiro atoms. The van der Waals surface area contributed by atoms with Crippen LogP contribution in [-0.4, -0.2) is 34.9 Å². The molecule has 0 saturated carbocycles. The molecule has 1 unspecified atom stereocenters. The summed E-state index contributed by atoms with van der Waals surface area (Å²) in [7, 11) is 0. The van der Waals surface area contributed by atoms with Crippen molar-refractivity contribution in [2.75, 3.05) is 13.1 Å². The smallest absolute Gasteiger partial charge is 0.253 e. The van der Waals surface area contributed by atoms with Gasteiger partial charge in [-0.05, 0) is 34.0 Å². The Kier molecular flexibility index (Phi) is 4.85. The maximum atomic E-state index is 12.2. The minimum absolute atomic E-state index is 0.0552. The molecule has 1 aliphatic heterocycles. The topological polar surface area (TPSA) is 45.2 Å². The number of halogens is 1. The lowest BCUT2D eigenvalue weighted by Crippen LogP contribution is -2.37. The second-order valence-electron chi connectivity index (χ2n) is 5.57. The van der Waals surface area contributed by atoms with Crippen LogP contribution in [-0.2, 0) is 6.54 Å². The van der Waals surface area contributed by atoms with E-state index in [1.54, 1.807) is 18.5 Å². The van der Waals surface area contributed by atoms with Crippen LogP contribution in [0.2, 0.25) is 0 Å². The summed E-state index contributed by atoms with van der Waals surface area (Å²) in [5.41, 5.74) is 1.90. The summed E-state index contributed by atoms with van der Waals surface area (Å²) in [5.74, 6) is -0.0552. The quantitative estimate of drug-likeness (QED) is 0.912. The fourth-order valence-corrected chi connectivity index (χ4v) is 3.11. The lowest BCUT2D eigenvalue weighted by molar-refractivity contribution is 0.0937. The zero-order valence-corrected chi connectivity index (χ0v) is 13.8. The van der Waals surface area contributed by atoms with Crippen molar-refractivity contribution < 1.29 is 4.79 Å². The zero-order chi connectivity index (χ0) is 15.4. The minimum atomic E-state index is -0.0552. The molecular weight excluding hydrogens is 342 g/mol. The Morgan fingerprint density at radius 1 is 1.32 bits per heavy atom. The molecule has 1 saturated heterocycles. The van der Waals surface area contributed by atoms with E-state index in [0.29, 0.717) is 5.56 Å². The van der Waals surface area contributed by atoms with Crippen molar-refractivity contribution in [3.05, 3.63) is 64.4 Å². The van der Waals surface area contributed by atoms with Crippen molar-refractivity contribution in [3.63, 3.8) is 0 Å². The third kappa shape index (κ3) is 3.93. The van der Waals surface area contributed by atoms with Crippen molar-refractivity contribution in [3.8, 4) is 0 Å². The summed E-state index contributed by atoms with van der Waals surface area (Å²) in [5, 5.41) is 3.10. The third-order valence-electron chi connectivity index (χ3n) is 3.82. The van der Waals surface area contributed by atoms with E-state index < -0.39 is 0 Å². The Hall–Kier alpha value is -1.72. The molecular formula is C17H18BrN3O. The van der Waals surface area contributed by atoms with E-state index in [-0.39, 0.29) is 11.9 Å². The van der Waals surface area contributed by atoms with Gasteiger partial charge in [0, 0.05) is 42.5 Å². The van der Waals surface area contributed by atoms with Crippen molar-refractivity contribution in [2.45, 2.75) is 19.0 Å². The first-order valence-corrected chi connectivity index (χ1v) is 8.18. The Morgan fingerprint density at radius 3 is 2.91 bits per heavy atom. The van der Waals surface area contributed by atoms with Crippen LogP contribution in [0, 0.1) is 0 Å². The highest BCUT2D eigenvalue weighted by Gasteiger charge is 2.24. The molecule has 114 valence electrons. The molecule has 0 aliphatic carbocycles. The molecule has 0 bridgehead atoms. The van der Waals surface area contributed by atoms with Gasteiger partial charge in [-0.2, -0.15) is 0 Å². The van der Waals surface area contributed by atoms with Crippen molar-refractivity contribution >= 4 is 21.8 Å². The number of pyridine rings is 1. The van der Waals surface area contributed by atoms with Gasteiger partial charge in [0.2, 0.25) is 0 Å². The molecule has 3 rings (SSSR count). The number of hydrogen-bond acceptors (Lipinski definition) is 3. The first-order valence-electron chi connectivity index (χ1n) is 7.38. The monoisotopic (exact) mass is 359 g/mol. The van der Waals surface area contributed by atoms with E-state index in [9.17, 15) is 4.79 Å². The van der Waals surface area contributed by atoms with E-state index in [4.69, 9.17) is 0 Å². The molecule has 22 heavy (non-hydrogen) atoms. The maximum absolute atomic E-state index is 12.2. The highest BCUT2D eigenvalue weighted by Crippen LogP contribution is 2.15. The predicted octanol–water partition coefficient (Wildman–Crippen LogP) is 2.85. The van der Waals surface area contributed by atoms with Gasteiger partial charge in [0.15, 0.2) is 0 Å². The summed E-state index contributed by atoms with van der Waals surface area (Å²) >= 11 is 3.34. The molecule has 1 aromatic heterocycles. The number of carbonyl (C=O) groups excluding carboxylic acids is 1. The molecule has 1 aromatic carbocycles. The number of nitrogens with zero attached hydrogens (tertiary/aromatic N) is 2. The predicted molar refractivity (Wildman–Crippen MR) is 89.5 cm³/mol. The van der Waals surface area contributed by atoms with Crippen LogP contribution in [0.3, 0.4) is 0 Å². The van der Waals surface area contributed by atoms with Gasteiger partial charge in [0.25, 0.3) is 5.91 Å². The number of amides is 1. The van der Waals surface area contributed by atoms with Gasteiger partial charge in [-0.3, -0.25) is 14.7 Å². The summed E-state index contributed by atoms with van der Waals surface area (Å²) in [6.07, 6.45) is 4.25. The Balaban J connectivity index is 1.54. The molecule has 1 atom stereocenters. The van der Waals surface area contributed by atoms with Crippen molar-refractivity contribution in [2.24, 2.45) is 0 Å². The number of aromatic nitrogens is 1. The normalized spacial score (nSPS) is 18.3. The van der Waals surface area contributed by atoms with Gasteiger partial charge in [-0.1, -0.05) is 30.3 Å². The first-order chi connectivity index (χ1) is 10.7. The van der Waals surface area contributed by atoms with E-state index in [1.807, 2.05) is 6.07 Å². The number of hydrogen-bond donors (Lipinski definition) is 1. The first kappa shape index (κ1) is 15.2. The van der Waals surface area contributed by atoms with E-state index in [1.165, 1.54) is 5.56 Å². The minimum Gasteiger partial charge on any atom is -0.348 e. The Morgan fingerprint density at radius 2 is 2.14 bits per heavy atom. The van der Waals surface area contributed by atoms with Crippen LogP contribution in [0.1, 0.15) is 22.3 Å². The van der Waals surface area contributed by atoms with Gasteiger partial charge in [0.05, 0.1) is 5.56 Å². The fraction of sp³-hybridized carbons (Fsp3) is 0.294. The summed E-state index contributed by atoms with van der Waals surface area (Å²) in [4.78, 5) is 18.6. The summed E-state index contributed by atoms with van der Waals surface area (Å²) in [6, 6.07) is 12.4. The van der Waals surface area contributed by atoms with Crippen molar-refractivity contribution in [1.29, 1.82) is 0 Å². The lowest BCUT2D eigenvalue weighted by atomic mass is 10.2. The van der Waals surface area contributed by atoms with Crippen LogP contribution >= 0.6 is 15.9 Å². The molecule has 4 nitrogen and oxygen atoms in total. The second kappa shape index (κ2) is 7.03. The van der Waals surface area contributed by atoms with E-state index >= 15 is 0 Å². The highest BCUT2D eigenvalue weighted by atomic mass is 79.9. The van der Waals surface area contributed by atoms with Crippen LogP contribution in [0.25, 0.3) is 0 Å². The molecule has 5 heteroatoms. The highest BCUT2D eigenvalue weighted by molar-refractivity contribution is 9.10. The number of nitrogens with one attached hydrogen (secondary N) is 1. The van der Waals surface area contributed by atoms with Crippen molar-refractivity contribution in [1.82, 2.24) is 15.2 Å². The average molecular weight is 360 g/mol. The fourth-order valence-electron chi connectivity index (χ4n) is 2.74. The molecule has 1 N–H and O–H groups in total. The Labute approximate surface area is 138 Å². The average Bonchev–Trinajstić information content (AvgIpc) is 2.95. The zero-order valence-electron chi connectivity index (χ0n) is 12.2. The molecule has 1 aliphatic rings. The van der Waals surface area contributed by atoms with Crippen LogP contribution in [0.5, 0.6) is 0 Å². The standard InChI is InChI=1S/C17H18BrN3O/c18-15-8-14(9-19-10-15)17(22)20-16-6-7-21(12-16)11-13-4-2-1-3-5-13/h1-5,8-10,16H,6-7,11-12H2,(H,20,22). The molecule has 1 fully saturated rings. The van der Waals surface area contributed by atoms with Crippen LogP contribution < -0.4 is 5.32 Å². The van der Waals surface area contributed by atoms with E-state index in [2.05, 4.69) is 55.4 Å². The summed E-state index contributed by atoms with van der Waals surface area (Å²) in [6.45, 7) is 2.84. The molecule has 1 amide bonds. The van der Waals surface area contributed by atoms with Crippen LogP contribution in [0.4, 0.5) is 0 Å². The molecule has 0 radical (unpaired) electrons. The number of rotatable bonds is 4. The van der Waals surface area contributed by atoms with E-state index in [0.717, 1.165) is 30.5 Å². The SMILES string of the molecule is O=C(NC1CCN(Cc2ccccc2)C1)c1cncc(Br)c1. The van der Waals surface area contributed by atoms with Gasteiger partial charge in [-0.25, -0.2) is 0 Å². The third-order valence-corrected chi connectivity index (χ3v) is 4.26. The maximum Gasteiger partial charge on any atom is 0.253 e. The second-order valence-corrected chi connectivity index (χ2v) is 6.49.